The van der Waals surface area contributed by atoms with Crippen molar-refractivity contribution in [1.29, 1.82) is 0 Å². The summed E-state index contributed by atoms with van der Waals surface area (Å²) in [6.45, 7) is 7.34. The number of aromatic nitrogens is 1. The quantitative estimate of drug-likeness (QED) is 0.293. The van der Waals surface area contributed by atoms with Crippen LogP contribution in [0.3, 0.4) is 0 Å². The molecule has 5 nitrogen and oxygen atoms in total. The number of ether oxygens (including phenoxy) is 1. The monoisotopic (exact) mass is 496 g/mol. The van der Waals surface area contributed by atoms with Gasteiger partial charge in [-0.3, -0.25) is 4.79 Å². The molecule has 0 saturated heterocycles. The molecule has 0 spiro atoms. The van der Waals surface area contributed by atoms with Crippen molar-refractivity contribution in [3.8, 4) is 5.75 Å². The van der Waals surface area contributed by atoms with Crippen molar-refractivity contribution in [1.82, 2.24) is 10.3 Å². The van der Waals surface area contributed by atoms with Crippen LogP contribution in [0.2, 0.25) is 0 Å². The van der Waals surface area contributed by atoms with Crippen molar-refractivity contribution in [2.75, 3.05) is 6.54 Å². The standard InChI is InChI=1S/C32H36N2O3/c1-4-22-14-24-16-26(17-25(24)15-23(22)5-2)33-18-29(35)27-10-12-30(32-28(27)11-13-31(36)34-32)37-19-21-8-6-20(3)7-9-21/h6-15,26,29,33,35H,4-5,16-19H2,1-3H3,(H,34,36)/t29-/m0/s1. The van der Waals surface area contributed by atoms with Crippen molar-refractivity contribution in [3.63, 3.8) is 0 Å². The molecule has 0 radical (unpaired) electrons. The third-order valence-electron chi connectivity index (χ3n) is 7.58. The van der Waals surface area contributed by atoms with Gasteiger partial charge in [-0.15, -0.1) is 0 Å². The van der Waals surface area contributed by atoms with Gasteiger partial charge in [-0.1, -0.05) is 61.9 Å². The Morgan fingerprint density at radius 2 is 1.65 bits per heavy atom. The molecule has 0 bridgehead atoms. The molecule has 0 amide bonds. The molecule has 1 atom stereocenters. The van der Waals surface area contributed by atoms with Gasteiger partial charge in [0.2, 0.25) is 5.56 Å². The van der Waals surface area contributed by atoms with Gasteiger partial charge < -0.3 is 20.1 Å². The lowest BCUT2D eigenvalue weighted by molar-refractivity contribution is 0.171. The van der Waals surface area contributed by atoms with Crippen LogP contribution in [0.4, 0.5) is 0 Å². The molecule has 1 aliphatic carbocycles. The lowest BCUT2D eigenvalue weighted by Gasteiger charge is -2.19. The summed E-state index contributed by atoms with van der Waals surface area (Å²) in [5.74, 6) is 0.599. The minimum atomic E-state index is -0.708. The first-order valence-corrected chi connectivity index (χ1v) is 13.3. The van der Waals surface area contributed by atoms with Crippen LogP contribution in [0.15, 0.2) is 65.5 Å². The van der Waals surface area contributed by atoms with Crippen LogP contribution in [0.25, 0.3) is 10.9 Å². The summed E-state index contributed by atoms with van der Waals surface area (Å²) in [6, 6.07) is 20.3. The van der Waals surface area contributed by atoms with E-state index in [1.165, 1.54) is 33.9 Å². The maximum Gasteiger partial charge on any atom is 0.248 e. The Labute approximate surface area is 218 Å². The number of hydrogen-bond donors (Lipinski definition) is 3. The Hall–Kier alpha value is -3.41. The van der Waals surface area contributed by atoms with E-state index in [9.17, 15) is 9.90 Å². The second-order valence-corrected chi connectivity index (χ2v) is 10.2. The van der Waals surface area contributed by atoms with Crippen LogP contribution in [0, 0.1) is 6.92 Å². The molecule has 4 aromatic rings. The molecule has 1 heterocycles. The predicted octanol–water partition coefficient (Wildman–Crippen LogP) is 5.33. The van der Waals surface area contributed by atoms with Crippen LogP contribution in [-0.2, 0) is 32.3 Å². The predicted molar refractivity (Wildman–Crippen MR) is 149 cm³/mol. The molecule has 5 rings (SSSR count). The van der Waals surface area contributed by atoms with Crippen molar-refractivity contribution >= 4 is 10.9 Å². The molecule has 3 N–H and O–H groups in total. The maximum atomic E-state index is 12.1. The van der Waals surface area contributed by atoms with Crippen LogP contribution >= 0.6 is 0 Å². The Balaban J connectivity index is 1.30. The number of fused-ring (bicyclic) bond motifs is 2. The third-order valence-corrected chi connectivity index (χ3v) is 7.58. The van der Waals surface area contributed by atoms with Crippen LogP contribution in [-0.4, -0.2) is 22.7 Å². The maximum absolute atomic E-state index is 12.1. The highest BCUT2D eigenvalue weighted by Crippen LogP contribution is 2.31. The van der Waals surface area contributed by atoms with E-state index in [1.807, 2.05) is 24.3 Å². The highest BCUT2D eigenvalue weighted by molar-refractivity contribution is 5.87. The fourth-order valence-corrected chi connectivity index (χ4v) is 5.47. The van der Waals surface area contributed by atoms with E-state index in [-0.39, 0.29) is 5.56 Å². The molecule has 192 valence electrons. The molecule has 0 aliphatic heterocycles. The molecular weight excluding hydrogens is 460 g/mol. The molecule has 0 saturated carbocycles. The van der Waals surface area contributed by atoms with E-state index in [0.29, 0.717) is 30.5 Å². The van der Waals surface area contributed by atoms with E-state index < -0.39 is 6.10 Å². The Morgan fingerprint density at radius 3 is 2.30 bits per heavy atom. The number of pyridine rings is 1. The van der Waals surface area contributed by atoms with Gasteiger partial charge in [0.15, 0.2) is 0 Å². The van der Waals surface area contributed by atoms with E-state index in [2.05, 4.69) is 55.3 Å². The zero-order valence-electron chi connectivity index (χ0n) is 21.9. The number of aliphatic hydroxyl groups is 1. The van der Waals surface area contributed by atoms with Crippen molar-refractivity contribution in [2.24, 2.45) is 0 Å². The third kappa shape index (κ3) is 5.48. The van der Waals surface area contributed by atoms with Gasteiger partial charge in [-0.05, 0) is 78.1 Å². The van der Waals surface area contributed by atoms with E-state index in [4.69, 9.17) is 4.74 Å². The number of aromatic amines is 1. The summed E-state index contributed by atoms with van der Waals surface area (Å²) in [4.78, 5) is 15.1. The molecule has 3 aromatic carbocycles. The zero-order valence-corrected chi connectivity index (χ0v) is 21.9. The summed E-state index contributed by atoms with van der Waals surface area (Å²) in [6.07, 6.45) is 3.39. The Morgan fingerprint density at radius 1 is 0.973 bits per heavy atom. The zero-order chi connectivity index (χ0) is 25.9. The van der Waals surface area contributed by atoms with Crippen LogP contribution in [0.1, 0.15) is 58.9 Å². The highest BCUT2D eigenvalue weighted by Gasteiger charge is 2.24. The summed E-state index contributed by atoms with van der Waals surface area (Å²) < 4.78 is 6.08. The number of rotatable bonds is 9. The molecule has 37 heavy (non-hydrogen) atoms. The summed E-state index contributed by atoms with van der Waals surface area (Å²) >= 11 is 0. The van der Waals surface area contributed by atoms with Gasteiger partial charge in [-0.2, -0.15) is 0 Å². The van der Waals surface area contributed by atoms with E-state index in [1.54, 1.807) is 6.07 Å². The minimum Gasteiger partial charge on any atom is -0.487 e. The number of aryl methyl sites for hydroxylation is 3. The first-order valence-electron chi connectivity index (χ1n) is 13.3. The van der Waals surface area contributed by atoms with Gasteiger partial charge in [0, 0.05) is 24.0 Å². The van der Waals surface area contributed by atoms with Gasteiger partial charge >= 0.3 is 0 Å². The fraction of sp³-hybridized carbons (Fsp3) is 0.344. The number of benzene rings is 3. The minimum absolute atomic E-state index is 0.195. The van der Waals surface area contributed by atoms with E-state index in [0.717, 1.165) is 42.2 Å². The average molecular weight is 497 g/mol. The molecule has 0 fully saturated rings. The van der Waals surface area contributed by atoms with Crippen molar-refractivity contribution in [3.05, 3.63) is 110 Å². The summed E-state index contributed by atoms with van der Waals surface area (Å²) in [5, 5.41) is 15.5. The first kappa shape index (κ1) is 25.2. The van der Waals surface area contributed by atoms with Crippen LogP contribution in [0.5, 0.6) is 5.75 Å². The second kappa shape index (κ2) is 10.9. The average Bonchev–Trinajstić information content (AvgIpc) is 3.32. The first-order chi connectivity index (χ1) is 17.9. The van der Waals surface area contributed by atoms with E-state index >= 15 is 0 Å². The molecule has 1 aliphatic rings. The smallest absolute Gasteiger partial charge is 0.248 e. The fourth-order valence-electron chi connectivity index (χ4n) is 5.47. The van der Waals surface area contributed by atoms with Crippen LogP contribution < -0.4 is 15.6 Å². The molecule has 5 heteroatoms. The number of H-pyrrole nitrogens is 1. The normalized spacial score (nSPS) is 14.2. The topological polar surface area (TPSA) is 74.3 Å². The van der Waals surface area contributed by atoms with Gasteiger partial charge in [0.05, 0.1) is 11.6 Å². The summed E-state index contributed by atoms with van der Waals surface area (Å²) in [5.41, 5.74) is 9.21. The number of hydrogen-bond acceptors (Lipinski definition) is 4. The highest BCUT2D eigenvalue weighted by atomic mass is 16.5. The number of nitrogens with one attached hydrogen (secondary N) is 2. The van der Waals surface area contributed by atoms with Crippen molar-refractivity contribution < 1.29 is 9.84 Å². The number of aliphatic hydroxyl groups excluding tert-OH is 1. The van der Waals surface area contributed by atoms with Crippen molar-refractivity contribution in [2.45, 2.75) is 65.2 Å². The molecule has 0 unspecified atom stereocenters. The van der Waals surface area contributed by atoms with Gasteiger partial charge in [0.25, 0.3) is 0 Å². The SMILES string of the molecule is CCc1cc2c(cc1CC)CC(NC[C@H](O)c1ccc(OCc3ccc(C)cc3)c3[nH]c(=O)ccc13)C2. The summed E-state index contributed by atoms with van der Waals surface area (Å²) in [7, 11) is 0. The van der Waals surface area contributed by atoms with Gasteiger partial charge in [0.1, 0.15) is 12.4 Å². The molecular formula is C32H36N2O3. The lowest BCUT2D eigenvalue weighted by atomic mass is 9.97. The lowest BCUT2D eigenvalue weighted by Crippen LogP contribution is -2.33. The second-order valence-electron chi connectivity index (χ2n) is 10.2. The Kier molecular flexibility index (Phi) is 7.45. The van der Waals surface area contributed by atoms with Gasteiger partial charge in [-0.25, -0.2) is 0 Å². The largest absolute Gasteiger partial charge is 0.487 e. The Bertz CT molecular complexity index is 1420. The molecule has 1 aromatic heterocycles.